The SMILES string of the molecule is CCCCC1c2nc(-c3ccc(C(=O)C4CNCCC4C(=O)O)cc3)cn2CCC1CNC(=O)OC(C)(C)C. The van der Waals surface area contributed by atoms with Gasteiger partial charge in [0.25, 0.3) is 0 Å². The zero-order chi connectivity index (χ0) is 28.2. The molecule has 212 valence electrons. The second-order valence-corrected chi connectivity index (χ2v) is 11.8. The van der Waals surface area contributed by atoms with E-state index < -0.39 is 23.4 Å². The summed E-state index contributed by atoms with van der Waals surface area (Å²) in [5.74, 6) is -0.715. The normalized spacial score (nSPS) is 23.1. The second-order valence-electron chi connectivity index (χ2n) is 11.8. The highest BCUT2D eigenvalue weighted by Crippen LogP contribution is 2.37. The lowest BCUT2D eigenvalue weighted by atomic mass is 9.81. The van der Waals surface area contributed by atoms with Crippen LogP contribution in [0.4, 0.5) is 4.79 Å². The highest BCUT2D eigenvalue weighted by Gasteiger charge is 2.36. The standard InChI is InChI=1S/C30H42N4O5/c1-5-6-7-22-21(16-32-29(38)39-30(2,3)4)13-15-34-18-25(33-27(22)34)19-8-10-20(11-9-19)26(35)24-17-31-14-12-23(24)28(36)37/h8-11,18,21-24,31H,5-7,12-17H2,1-4H3,(H,32,38)(H,36,37). The van der Waals surface area contributed by atoms with Gasteiger partial charge >= 0.3 is 12.1 Å². The van der Waals surface area contributed by atoms with Gasteiger partial charge in [0.15, 0.2) is 5.78 Å². The van der Waals surface area contributed by atoms with Gasteiger partial charge in [-0.15, -0.1) is 0 Å². The number of alkyl carbamates (subject to hydrolysis) is 1. The third kappa shape index (κ3) is 7.06. The monoisotopic (exact) mass is 538 g/mol. The number of aromatic nitrogens is 2. The number of carbonyl (C=O) groups excluding carboxylic acids is 2. The number of aliphatic carboxylic acids is 1. The molecule has 4 unspecified atom stereocenters. The first kappa shape index (κ1) is 28.8. The molecule has 3 N–H and O–H groups in total. The predicted octanol–water partition coefficient (Wildman–Crippen LogP) is 4.86. The molecule has 1 saturated heterocycles. The Balaban J connectivity index is 1.49. The molecule has 1 aromatic heterocycles. The molecule has 2 aliphatic rings. The van der Waals surface area contributed by atoms with Crippen molar-refractivity contribution in [3.63, 3.8) is 0 Å². The maximum Gasteiger partial charge on any atom is 0.407 e. The van der Waals surface area contributed by atoms with Crippen LogP contribution in [0.3, 0.4) is 0 Å². The van der Waals surface area contributed by atoms with Gasteiger partial charge in [0.1, 0.15) is 11.4 Å². The maximum absolute atomic E-state index is 13.1. The number of hydrogen-bond donors (Lipinski definition) is 3. The fraction of sp³-hybridized carbons (Fsp3) is 0.600. The molecule has 0 radical (unpaired) electrons. The van der Waals surface area contributed by atoms with E-state index in [-0.39, 0.29) is 23.7 Å². The molecule has 4 rings (SSSR count). The Morgan fingerprint density at radius 3 is 2.56 bits per heavy atom. The zero-order valence-electron chi connectivity index (χ0n) is 23.5. The predicted molar refractivity (Wildman–Crippen MR) is 149 cm³/mol. The first-order valence-corrected chi connectivity index (χ1v) is 14.2. The third-order valence-corrected chi connectivity index (χ3v) is 7.83. The molecule has 39 heavy (non-hydrogen) atoms. The number of fused-ring (bicyclic) bond motifs is 1. The number of imidazole rings is 1. The highest BCUT2D eigenvalue weighted by atomic mass is 16.6. The number of nitrogens with zero attached hydrogens (tertiary/aromatic N) is 2. The lowest BCUT2D eigenvalue weighted by molar-refractivity contribution is -0.143. The minimum Gasteiger partial charge on any atom is -0.481 e. The molecule has 1 amide bonds. The van der Waals surface area contributed by atoms with E-state index in [0.29, 0.717) is 31.6 Å². The van der Waals surface area contributed by atoms with Crippen molar-refractivity contribution in [1.29, 1.82) is 0 Å². The molecule has 1 aromatic carbocycles. The summed E-state index contributed by atoms with van der Waals surface area (Å²) >= 11 is 0. The van der Waals surface area contributed by atoms with Crippen molar-refractivity contribution in [2.24, 2.45) is 17.8 Å². The number of rotatable bonds is 9. The van der Waals surface area contributed by atoms with E-state index in [1.54, 1.807) is 12.1 Å². The van der Waals surface area contributed by atoms with Gasteiger partial charge in [0.05, 0.1) is 11.6 Å². The quantitative estimate of drug-likeness (QED) is 0.390. The van der Waals surface area contributed by atoms with Gasteiger partial charge < -0.3 is 25.0 Å². The molecule has 2 aliphatic heterocycles. The van der Waals surface area contributed by atoms with Crippen LogP contribution in [0.1, 0.15) is 81.9 Å². The summed E-state index contributed by atoms with van der Waals surface area (Å²) in [5.41, 5.74) is 1.77. The largest absolute Gasteiger partial charge is 0.481 e. The maximum atomic E-state index is 13.1. The molecule has 1 fully saturated rings. The Labute approximate surface area is 230 Å². The van der Waals surface area contributed by atoms with Gasteiger partial charge in [0.2, 0.25) is 0 Å². The summed E-state index contributed by atoms with van der Waals surface area (Å²) < 4.78 is 7.66. The number of ketones is 1. The lowest BCUT2D eigenvalue weighted by Gasteiger charge is -2.32. The Morgan fingerprint density at radius 2 is 1.90 bits per heavy atom. The number of carboxylic acids is 1. The second kappa shape index (κ2) is 12.3. The van der Waals surface area contributed by atoms with Crippen molar-refractivity contribution in [3.8, 4) is 11.3 Å². The number of Topliss-reactive ketones (excluding diaryl/α,β-unsaturated/α-hetero) is 1. The van der Waals surface area contributed by atoms with E-state index in [9.17, 15) is 19.5 Å². The number of unbranched alkanes of at least 4 members (excludes halogenated alkanes) is 1. The van der Waals surface area contributed by atoms with Crippen LogP contribution >= 0.6 is 0 Å². The van der Waals surface area contributed by atoms with Crippen LogP contribution < -0.4 is 10.6 Å². The molecular weight excluding hydrogens is 496 g/mol. The minimum absolute atomic E-state index is 0.134. The number of benzene rings is 1. The molecule has 2 aromatic rings. The van der Waals surface area contributed by atoms with Gasteiger partial charge in [0, 0.05) is 48.8 Å². The first-order valence-electron chi connectivity index (χ1n) is 14.2. The third-order valence-electron chi connectivity index (χ3n) is 7.83. The van der Waals surface area contributed by atoms with E-state index in [0.717, 1.165) is 49.3 Å². The number of carboxylic acid groups (broad SMARTS) is 1. The smallest absolute Gasteiger partial charge is 0.407 e. The molecular formula is C30H42N4O5. The van der Waals surface area contributed by atoms with E-state index in [4.69, 9.17) is 9.72 Å². The van der Waals surface area contributed by atoms with Crippen molar-refractivity contribution >= 4 is 17.8 Å². The molecule has 9 nitrogen and oxygen atoms in total. The lowest BCUT2D eigenvalue weighted by Crippen LogP contribution is -2.44. The number of carbonyl (C=O) groups is 3. The summed E-state index contributed by atoms with van der Waals surface area (Å²) in [6.07, 6.45) is 6.26. The van der Waals surface area contributed by atoms with Crippen LogP contribution in [-0.2, 0) is 16.1 Å². The number of aryl methyl sites for hydroxylation is 1. The molecule has 0 saturated carbocycles. The van der Waals surface area contributed by atoms with Gasteiger partial charge in [-0.2, -0.15) is 0 Å². The Kier molecular flexibility index (Phi) is 9.10. The van der Waals surface area contributed by atoms with E-state index in [1.165, 1.54) is 0 Å². The highest BCUT2D eigenvalue weighted by molar-refractivity contribution is 6.00. The molecule has 0 bridgehead atoms. The van der Waals surface area contributed by atoms with Gasteiger partial charge in [-0.25, -0.2) is 9.78 Å². The van der Waals surface area contributed by atoms with Crippen molar-refractivity contribution in [2.75, 3.05) is 19.6 Å². The number of nitrogens with one attached hydrogen (secondary N) is 2. The van der Waals surface area contributed by atoms with Crippen LogP contribution in [0.15, 0.2) is 30.5 Å². The van der Waals surface area contributed by atoms with Crippen LogP contribution in [0.25, 0.3) is 11.3 Å². The van der Waals surface area contributed by atoms with Crippen molar-refractivity contribution < 1.29 is 24.2 Å². The Hall–Kier alpha value is -3.20. The van der Waals surface area contributed by atoms with Crippen molar-refractivity contribution in [2.45, 2.75) is 77.9 Å². The Morgan fingerprint density at radius 1 is 1.15 bits per heavy atom. The average molecular weight is 539 g/mol. The van der Waals surface area contributed by atoms with Crippen LogP contribution in [0, 0.1) is 17.8 Å². The molecule has 0 aliphatic carbocycles. The first-order chi connectivity index (χ1) is 18.6. The van der Waals surface area contributed by atoms with E-state index in [2.05, 4.69) is 28.3 Å². The molecule has 9 heteroatoms. The molecule has 3 heterocycles. The topological polar surface area (TPSA) is 123 Å². The summed E-state index contributed by atoms with van der Waals surface area (Å²) in [7, 11) is 0. The van der Waals surface area contributed by atoms with E-state index >= 15 is 0 Å². The summed E-state index contributed by atoms with van der Waals surface area (Å²) in [5, 5.41) is 15.7. The van der Waals surface area contributed by atoms with Gasteiger partial charge in [-0.3, -0.25) is 9.59 Å². The average Bonchev–Trinajstić information content (AvgIpc) is 3.34. The van der Waals surface area contributed by atoms with Gasteiger partial charge in [-0.1, -0.05) is 44.0 Å². The van der Waals surface area contributed by atoms with E-state index in [1.807, 2.05) is 32.9 Å². The van der Waals surface area contributed by atoms with Crippen molar-refractivity contribution in [1.82, 2.24) is 20.2 Å². The summed E-state index contributed by atoms with van der Waals surface area (Å²) in [6, 6.07) is 7.36. The number of piperidine rings is 1. The van der Waals surface area contributed by atoms with Crippen LogP contribution in [0.2, 0.25) is 0 Å². The fourth-order valence-electron chi connectivity index (χ4n) is 5.77. The van der Waals surface area contributed by atoms with Gasteiger partial charge in [-0.05, 0) is 52.5 Å². The minimum atomic E-state index is -0.910. The Bertz CT molecular complexity index is 1170. The number of ether oxygens (including phenoxy) is 1. The number of hydrogen-bond acceptors (Lipinski definition) is 6. The molecule has 0 spiro atoms. The van der Waals surface area contributed by atoms with Crippen LogP contribution in [0.5, 0.6) is 0 Å². The summed E-state index contributed by atoms with van der Waals surface area (Å²) in [6.45, 7) is 10.1. The zero-order valence-corrected chi connectivity index (χ0v) is 23.5. The number of amides is 1. The molecule has 4 atom stereocenters. The fourth-order valence-corrected chi connectivity index (χ4v) is 5.77. The summed E-state index contributed by atoms with van der Waals surface area (Å²) in [4.78, 5) is 42.1. The van der Waals surface area contributed by atoms with Crippen LogP contribution in [-0.4, -0.2) is 57.7 Å². The van der Waals surface area contributed by atoms with Crippen molar-refractivity contribution in [3.05, 3.63) is 41.9 Å².